The summed E-state index contributed by atoms with van der Waals surface area (Å²) in [6.45, 7) is 1.61. The number of halogens is 1. The Balaban J connectivity index is 2.11. The molecule has 0 unspecified atom stereocenters. The Bertz CT molecular complexity index is 673. The first-order chi connectivity index (χ1) is 9.66. The van der Waals surface area contributed by atoms with E-state index in [0.29, 0.717) is 5.56 Å². The summed E-state index contributed by atoms with van der Waals surface area (Å²) in [6.07, 6.45) is 0. The number of hydrogen-bond donors (Lipinski definition) is 2. The normalized spacial score (nSPS) is 13.6. The zero-order valence-electron chi connectivity index (χ0n) is 10.6. The summed E-state index contributed by atoms with van der Waals surface area (Å²) in [7, 11) is 0. The van der Waals surface area contributed by atoms with Crippen molar-refractivity contribution in [1.29, 1.82) is 0 Å². The van der Waals surface area contributed by atoms with Crippen LogP contribution >= 0.6 is 15.9 Å². The highest BCUT2D eigenvalue weighted by atomic mass is 79.9. The fraction of sp³-hybridized carbons (Fsp3) is 0.133. The van der Waals surface area contributed by atoms with Gasteiger partial charge in [0.2, 0.25) is 0 Å². The van der Waals surface area contributed by atoms with Crippen LogP contribution in [0.15, 0.2) is 46.9 Å². The molecule has 0 aromatic heterocycles. The number of carbonyl (C=O) groups is 1. The SMILES string of the molecule is O=C(O)c1ccc2c(c1)N(c1ccccc1Br)CCN2. The Kier molecular flexibility index (Phi) is 3.36. The van der Waals surface area contributed by atoms with Crippen LogP contribution in [0.1, 0.15) is 10.4 Å². The maximum atomic E-state index is 11.1. The Morgan fingerprint density at radius 3 is 2.75 bits per heavy atom. The first kappa shape index (κ1) is 13.0. The molecule has 1 aliphatic heterocycles. The van der Waals surface area contributed by atoms with Crippen LogP contribution in [-0.4, -0.2) is 24.2 Å². The van der Waals surface area contributed by atoms with Crippen LogP contribution < -0.4 is 10.2 Å². The first-order valence-electron chi connectivity index (χ1n) is 6.30. The number of benzene rings is 2. The minimum absolute atomic E-state index is 0.296. The molecule has 3 rings (SSSR count). The van der Waals surface area contributed by atoms with Gasteiger partial charge in [0.15, 0.2) is 0 Å². The molecule has 0 amide bonds. The predicted octanol–water partition coefficient (Wildman–Crippen LogP) is 3.71. The van der Waals surface area contributed by atoms with Crippen LogP contribution in [0.3, 0.4) is 0 Å². The molecule has 1 heterocycles. The molecule has 2 aromatic rings. The van der Waals surface area contributed by atoms with Gasteiger partial charge in [-0.05, 0) is 46.3 Å². The molecule has 0 saturated carbocycles. The molecule has 0 aliphatic carbocycles. The molecule has 0 bridgehead atoms. The third-order valence-electron chi connectivity index (χ3n) is 3.33. The predicted molar refractivity (Wildman–Crippen MR) is 83.0 cm³/mol. The van der Waals surface area contributed by atoms with Gasteiger partial charge in [-0.1, -0.05) is 12.1 Å². The molecule has 0 fully saturated rings. The van der Waals surface area contributed by atoms with E-state index in [-0.39, 0.29) is 0 Å². The highest BCUT2D eigenvalue weighted by Gasteiger charge is 2.20. The van der Waals surface area contributed by atoms with E-state index in [9.17, 15) is 4.79 Å². The Morgan fingerprint density at radius 1 is 1.20 bits per heavy atom. The maximum Gasteiger partial charge on any atom is 0.335 e. The Hall–Kier alpha value is -2.01. The van der Waals surface area contributed by atoms with Crippen LogP contribution in [0, 0.1) is 0 Å². The molecule has 0 spiro atoms. The summed E-state index contributed by atoms with van der Waals surface area (Å²) in [6, 6.07) is 13.1. The lowest BCUT2D eigenvalue weighted by Gasteiger charge is -2.33. The van der Waals surface area contributed by atoms with Gasteiger partial charge in [0.1, 0.15) is 0 Å². The molecule has 102 valence electrons. The molecule has 0 radical (unpaired) electrons. The molecule has 1 aliphatic rings. The summed E-state index contributed by atoms with van der Waals surface area (Å²) in [5.41, 5.74) is 3.18. The van der Waals surface area contributed by atoms with Crippen molar-refractivity contribution in [3.63, 3.8) is 0 Å². The van der Waals surface area contributed by atoms with Gasteiger partial charge in [0, 0.05) is 17.6 Å². The van der Waals surface area contributed by atoms with Crippen LogP contribution in [0.25, 0.3) is 0 Å². The molecule has 0 saturated heterocycles. The number of nitrogens with one attached hydrogen (secondary N) is 1. The molecule has 5 heteroatoms. The summed E-state index contributed by atoms with van der Waals surface area (Å²) >= 11 is 3.55. The van der Waals surface area contributed by atoms with Gasteiger partial charge in [0.25, 0.3) is 0 Å². The van der Waals surface area contributed by atoms with Gasteiger partial charge < -0.3 is 15.3 Å². The highest BCUT2D eigenvalue weighted by molar-refractivity contribution is 9.10. The quantitative estimate of drug-likeness (QED) is 0.880. The summed E-state index contributed by atoms with van der Waals surface area (Å²) in [4.78, 5) is 13.3. The number of carboxylic acids is 1. The number of fused-ring (bicyclic) bond motifs is 1. The summed E-state index contributed by atoms with van der Waals surface area (Å²) in [5.74, 6) is -0.912. The van der Waals surface area contributed by atoms with Crippen molar-refractivity contribution >= 4 is 39.0 Å². The van der Waals surface area contributed by atoms with E-state index >= 15 is 0 Å². The average molecular weight is 333 g/mol. The van der Waals surface area contributed by atoms with Crippen molar-refractivity contribution < 1.29 is 9.90 Å². The van der Waals surface area contributed by atoms with Crippen molar-refractivity contribution in [3.05, 3.63) is 52.5 Å². The third-order valence-corrected chi connectivity index (χ3v) is 4.00. The molecular formula is C15H13BrN2O2. The van der Waals surface area contributed by atoms with Crippen molar-refractivity contribution in [2.75, 3.05) is 23.3 Å². The number of nitrogens with zero attached hydrogens (tertiary/aromatic N) is 1. The number of anilines is 3. The molecule has 2 N–H and O–H groups in total. The summed E-state index contributed by atoms with van der Waals surface area (Å²) < 4.78 is 0.994. The molecule has 20 heavy (non-hydrogen) atoms. The van der Waals surface area contributed by atoms with E-state index in [2.05, 4.69) is 26.1 Å². The van der Waals surface area contributed by atoms with E-state index in [1.807, 2.05) is 30.3 Å². The lowest BCUT2D eigenvalue weighted by atomic mass is 10.1. The van der Waals surface area contributed by atoms with Gasteiger partial charge in [-0.25, -0.2) is 4.79 Å². The Labute approximate surface area is 125 Å². The topological polar surface area (TPSA) is 52.6 Å². The van der Waals surface area contributed by atoms with E-state index in [4.69, 9.17) is 5.11 Å². The van der Waals surface area contributed by atoms with E-state index in [1.54, 1.807) is 12.1 Å². The van der Waals surface area contributed by atoms with Crippen molar-refractivity contribution in [1.82, 2.24) is 0 Å². The van der Waals surface area contributed by atoms with Crippen LogP contribution in [-0.2, 0) is 0 Å². The zero-order chi connectivity index (χ0) is 14.1. The van der Waals surface area contributed by atoms with E-state index in [0.717, 1.165) is 34.6 Å². The zero-order valence-corrected chi connectivity index (χ0v) is 12.2. The fourth-order valence-electron chi connectivity index (χ4n) is 2.38. The number of carboxylic acid groups (broad SMARTS) is 1. The number of para-hydroxylation sites is 1. The Morgan fingerprint density at radius 2 is 2.00 bits per heavy atom. The fourth-order valence-corrected chi connectivity index (χ4v) is 2.88. The van der Waals surface area contributed by atoms with E-state index in [1.165, 1.54) is 0 Å². The number of aromatic carboxylic acids is 1. The second-order valence-electron chi connectivity index (χ2n) is 4.57. The molecule has 2 aromatic carbocycles. The molecule has 4 nitrogen and oxygen atoms in total. The minimum Gasteiger partial charge on any atom is -0.478 e. The molecular weight excluding hydrogens is 320 g/mol. The second kappa shape index (κ2) is 5.17. The lowest BCUT2D eigenvalue weighted by molar-refractivity contribution is 0.0697. The maximum absolute atomic E-state index is 11.1. The van der Waals surface area contributed by atoms with Crippen molar-refractivity contribution in [2.45, 2.75) is 0 Å². The lowest BCUT2D eigenvalue weighted by Crippen LogP contribution is -2.30. The van der Waals surface area contributed by atoms with Crippen LogP contribution in [0.4, 0.5) is 17.1 Å². The van der Waals surface area contributed by atoms with Crippen LogP contribution in [0.5, 0.6) is 0 Å². The monoisotopic (exact) mass is 332 g/mol. The van der Waals surface area contributed by atoms with Gasteiger partial charge in [-0.2, -0.15) is 0 Å². The van der Waals surface area contributed by atoms with E-state index < -0.39 is 5.97 Å². The van der Waals surface area contributed by atoms with Crippen molar-refractivity contribution in [3.8, 4) is 0 Å². The number of rotatable bonds is 2. The van der Waals surface area contributed by atoms with Gasteiger partial charge in [-0.15, -0.1) is 0 Å². The average Bonchev–Trinajstić information content (AvgIpc) is 2.46. The van der Waals surface area contributed by atoms with Crippen LogP contribution in [0.2, 0.25) is 0 Å². The third kappa shape index (κ3) is 2.25. The largest absolute Gasteiger partial charge is 0.478 e. The highest BCUT2D eigenvalue weighted by Crippen LogP contribution is 2.38. The number of hydrogen-bond acceptors (Lipinski definition) is 3. The minimum atomic E-state index is -0.912. The smallest absolute Gasteiger partial charge is 0.335 e. The van der Waals surface area contributed by atoms with Gasteiger partial charge >= 0.3 is 5.97 Å². The van der Waals surface area contributed by atoms with Crippen molar-refractivity contribution in [2.24, 2.45) is 0 Å². The van der Waals surface area contributed by atoms with Gasteiger partial charge in [0.05, 0.1) is 22.6 Å². The second-order valence-corrected chi connectivity index (χ2v) is 5.42. The first-order valence-corrected chi connectivity index (χ1v) is 7.09. The standard InChI is InChI=1S/C15H13BrN2O2/c16-11-3-1-2-4-13(11)18-8-7-17-12-6-5-10(15(19)20)9-14(12)18/h1-6,9,17H,7-8H2,(H,19,20). The summed E-state index contributed by atoms with van der Waals surface area (Å²) in [5, 5.41) is 12.4. The van der Waals surface area contributed by atoms with Gasteiger partial charge in [-0.3, -0.25) is 0 Å². The molecule has 0 atom stereocenters.